The van der Waals surface area contributed by atoms with Crippen LogP contribution >= 0.6 is 0 Å². The van der Waals surface area contributed by atoms with Crippen molar-refractivity contribution in [3.05, 3.63) is 54.1 Å². The summed E-state index contributed by atoms with van der Waals surface area (Å²) in [6, 6.07) is 16.0. The van der Waals surface area contributed by atoms with E-state index in [2.05, 4.69) is 19.1 Å². The molecule has 0 aliphatic carbocycles. The minimum Gasteiger partial charge on any atom is -0.494 e. The number of Topliss-reactive ketones (excluding diaryl/α,β-unsaturated/α-hetero) is 1. The Morgan fingerprint density at radius 3 is 1.92 bits per heavy atom. The highest BCUT2D eigenvalue weighted by molar-refractivity contribution is 6.00. The van der Waals surface area contributed by atoms with Crippen LogP contribution in [-0.4, -0.2) is 12.4 Å². The summed E-state index contributed by atoms with van der Waals surface area (Å²) in [6.07, 6.45) is 4.86. The maximum absolute atomic E-state index is 12.3. The Kier molecular flexibility index (Phi) is 6.81. The molecule has 2 rings (SSSR count). The molecule has 2 heteroatoms. The normalized spacial score (nSPS) is 11.4. The molecule has 0 radical (unpaired) electrons. The molecule has 0 aromatic heterocycles. The smallest absolute Gasteiger partial charge is 0.168 e. The van der Waals surface area contributed by atoms with Gasteiger partial charge < -0.3 is 4.74 Å². The fourth-order valence-electron chi connectivity index (χ4n) is 2.71. The Morgan fingerprint density at radius 1 is 0.840 bits per heavy atom. The number of carbonyl (C=O) groups excluding carboxylic acids is 1. The Balaban J connectivity index is 1.96. The van der Waals surface area contributed by atoms with Gasteiger partial charge in [0.05, 0.1) is 6.61 Å². The number of hydrogen-bond acceptors (Lipinski definition) is 2. The molecule has 0 bridgehead atoms. The highest BCUT2D eigenvalue weighted by Gasteiger charge is 2.22. The minimum atomic E-state index is -0.350. The lowest BCUT2D eigenvalue weighted by molar-refractivity contribution is 0.0858. The Bertz CT molecular complexity index is 661. The second-order valence-corrected chi connectivity index (χ2v) is 7.59. The lowest BCUT2D eigenvalue weighted by Crippen LogP contribution is -2.19. The van der Waals surface area contributed by atoms with E-state index in [1.807, 2.05) is 57.2 Å². The van der Waals surface area contributed by atoms with Crippen LogP contribution in [0.15, 0.2) is 48.5 Å². The summed E-state index contributed by atoms with van der Waals surface area (Å²) in [5.74, 6) is 1.09. The average molecular weight is 338 g/mol. The van der Waals surface area contributed by atoms with Crippen LogP contribution in [0.4, 0.5) is 0 Å². The van der Waals surface area contributed by atoms with Gasteiger partial charge in [-0.2, -0.15) is 0 Å². The standard InChI is InChI=1S/C23H30O2/c1-5-6-7-8-17-25-21-15-13-19(14-16-21)18-9-11-20(12-10-18)22(24)23(2,3)4/h9-16H,5-8,17H2,1-4H3. The molecular formula is C23H30O2. The van der Waals surface area contributed by atoms with E-state index in [0.29, 0.717) is 0 Å². The number of rotatable bonds is 8. The second kappa shape index (κ2) is 8.84. The molecular weight excluding hydrogens is 308 g/mol. The summed E-state index contributed by atoms with van der Waals surface area (Å²) in [5, 5.41) is 0. The van der Waals surface area contributed by atoms with Crippen LogP contribution in [0.2, 0.25) is 0 Å². The number of carbonyl (C=O) groups is 1. The first-order valence-electron chi connectivity index (χ1n) is 9.30. The molecule has 2 aromatic rings. The lowest BCUT2D eigenvalue weighted by Gasteiger charge is -2.16. The molecule has 0 saturated carbocycles. The molecule has 0 atom stereocenters. The Morgan fingerprint density at radius 2 is 1.40 bits per heavy atom. The van der Waals surface area contributed by atoms with Crippen molar-refractivity contribution in [3.8, 4) is 16.9 Å². The number of hydrogen-bond donors (Lipinski definition) is 0. The molecule has 0 saturated heterocycles. The maximum atomic E-state index is 12.3. The SMILES string of the molecule is CCCCCCOc1ccc(-c2ccc(C(=O)C(C)(C)C)cc2)cc1. The molecule has 2 aromatic carbocycles. The van der Waals surface area contributed by atoms with Gasteiger partial charge in [0, 0.05) is 11.0 Å². The lowest BCUT2D eigenvalue weighted by atomic mass is 9.86. The van der Waals surface area contributed by atoms with Gasteiger partial charge >= 0.3 is 0 Å². The quantitative estimate of drug-likeness (QED) is 0.403. The predicted molar refractivity (Wildman–Crippen MR) is 105 cm³/mol. The molecule has 0 aliphatic heterocycles. The van der Waals surface area contributed by atoms with Crippen LogP contribution in [0.3, 0.4) is 0 Å². The third-order valence-corrected chi connectivity index (χ3v) is 4.28. The van der Waals surface area contributed by atoms with Crippen molar-refractivity contribution >= 4 is 5.78 Å². The van der Waals surface area contributed by atoms with Gasteiger partial charge in [0.15, 0.2) is 5.78 Å². The highest BCUT2D eigenvalue weighted by atomic mass is 16.5. The second-order valence-electron chi connectivity index (χ2n) is 7.59. The van der Waals surface area contributed by atoms with E-state index < -0.39 is 0 Å². The van der Waals surface area contributed by atoms with Gasteiger partial charge in [0.2, 0.25) is 0 Å². The fraction of sp³-hybridized carbons (Fsp3) is 0.435. The van der Waals surface area contributed by atoms with Gasteiger partial charge in [-0.3, -0.25) is 4.79 Å². The largest absolute Gasteiger partial charge is 0.494 e. The van der Waals surface area contributed by atoms with Crippen LogP contribution in [0, 0.1) is 5.41 Å². The van der Waals surface area contributed by atoms with Crippen LogP contribution in [0.1, 0.15) is 63.7 Å². The maximum Gasteiger partial charge on any atom is 0.168 e. The van der Waals surface area contributed by atoms with Gasteiger partial charge in [0.1, 0.15) is 5.75 Å². The number of unbranched alkanes of at least 4 members (excludes halogenated alkanes) is 3. The molecule has 0 heterocycles. The van der Waals surface area contributed by atoms with Crippen molar-refractivity contribution in [1.82, 2.24) is 0 Å². The monoisotopic (exact) mass is 338 g/mol. The van der Waals surface area contributed by atoms with Gasteiger partial charge in [-0.15, -0.1) is 0 Å². The van der Waals surface area contributed by atoms with Crippen LogP contribution in [0.25, 0.3) is 11.1 Å². The van der Waals surface area contributed by atoms with Crippen LogP contribution in [-0.2, 0) is 0 Å². The molecule has 0 fully saturated rings. The molecule has 2 nitrogen and oxygen atoms in total. The zero-order chi connectivity index (χ0) is 18.3. The molecule has 25 heavy (non-hydrogen) atoms. The third-order valence-electron chi connectivity index (χ3n) is 4.28. The predicted octanol–water partition coefficient (Wildman–Crippen LogP) is 6.54. The summed E-state index contributed by atoms with van der Waals surface area (Å²) in [7, 11) is 0. The van der Waals surface area contributed by atoms with Crippen molar-refractivity contribution < 1.29 is 9.53 Å². The molecule has 0 aliphatic rings. The number of ether oxygens (including phenoxy) is 1. The van der Waals surface area contributed by atoms with Crippen molar-refractivity contribution in [3.63, 3.8) is 0 Å². The van der Waals surface area contributed by atoms with E-state index in [-0.39, 0.29) is 11.2 Å². The van der Waals surface area contributed by atoms with Gasteiger partial charge in [-0.05, 0) is 29.7 Å². The molecule has 0 spiro atoms. The first-order valence-corrected chi connectivity index (χ1v) is 9.30. The average Bonchev–Trinajstić information content (AvgIpc) is 2.61. The molecule has 0 unspecified atom stereocenters. The Labute approximate surface area is 152 Å². The topological polar surface area (TPSA) is 26.3 Å². The zero-order valence-electron chi connectivity index (χ0n) is 16.0. The zero-order valence-corrected chi connectivity index (χ0v) is 16.0. The van der Waals surface area contributed by atoms with E-state index >= 15 is 0 Å². The summed E-state index contributed by atoms with van der Waals surface area (Å²) in [5.41, 5.74) is 2.66. The number of ketones is 1. The molecule has 0 N–H and O–H groups in total. The van der Waals surface area contributed by atoms with Gasteiger partial charge in [0.25, 0.3) is 0 Å². The summed E-state index contributed by atoms with van der Waals surface area (Å²) in [6.45, 7) is 8.84. The molecule has 0 amide bonds. The first-order chi connectivity index (χ1) is 11.9. The summed E-state index contributed by atoms with van der Waals surface area (Å²) >= 11 is 0. The minimum absolute atomic E-state index is 0.172. The Hall–Kier alpha value is -2.09. The van der Waals surface area contributed by atoms with Crippen molar-refractivity contribution in [2.45, 2.75) is 53.4 Å². The summed E-state index contributed by atoms with van der Waals surface area (Å²) < 4.78 is 5.79. The van der Waals surface area contributed by atoms with E-state index in [0.717, 1.165) is 35.5 Å². The first kappa shape index (κ1) is 19.2. The van der Waals surface area contributed by atoms with Gasteiger partial charge in [-0.1, -0.05) is 83.4 Å². The van der Waals surface area contributed by atoms with E-state index in [9.17, 15) is 4.79 Å². The van der Waals surface area contributed by atoms with Crippen LogP contribution < -0.4 is 4.74 Å². The van der Waals surface area contributed by atoms with E-state index in [1.54, 1.807) is 0 Å². The van der Waals surface area contributed by atoms with Crippen molar-refractivity contribution in [2.75, 3.05) is 6.61 Å². The summed E-state index contributed by atoms with van der Waals surface area (Å²) in [4.78, 5) is 12.3. The highest BCUT2D eigenvalue weighted by Crippen LogP contribution is 2.25. The van der Waals surface area contributed by atoms with Gasteiger partial charge in [-0.25, -0.2) is 0 Å². The fourth-order valence-corrected chi connectivity index (χ4v) is 2.71. The van der Waals surface area contributed by atoms with E-state index in [4.69, 9.17) is 4.74 Å². The molecule has 134 valence electrons. The number of benzene rings is 2. The van der Waals surface area contributed by atoms with E-state index in [1.165, 1.54) is 19.3 Å². The van der Waals surface area contributed by atoms with Crippen molar-refractivity contribution in [1.29, 1.82) is 0 Å². The third kappa shape index (κ3) is 5.74. The van der Waals surface area contributed by atoms with Crippen molar-refractivity contribution in [2.24, 2.45) is 5.41 Å². The van der Waals surface area contributed by atoms with Crippen LogP contribution in [0.5, 0.6) is 5.75 Å².